The van der Waals surface area contributed by atoms with E-state index in [1.807, 2.05) is 6.07 Å². The number of nitrogens with one attached hydrogen (secondary N) is 2. The molecule has 0 radical (unpaired) electrons. The maximum Gasteiger partial charge on any atom is 0.251 e. The normalized spacial score (nSPS) is 21.3. The molecule has 8 nitrogen and oxygen atoms in total. The highest BCUT2D eigenvalue weighted by Gasteiger charge is 2.48. The molecule has 2 aromatic heterocycles. The first-order valence-corrected chi connectivity index (χ1v) is 11.8. The minimum atomic E-state index is -0.983. The fourth-order valence-corrected chi connectivity index (χ4v) is 4.74. The first-order chi connectivity index (χ1) is 17.3. The quantitative estimate of drug-likeness (QED) is 0.526. The van der Waals surface area contributed by atoms with Crippen molar-refractivity contribution in [3.8, 4) is 11.3 Å². The van der Waals surface area contributed by atoms with Crippen molar-refractivity contribution in [1.82, 2.24) is 25.4 Å². The van der Waals surface area contributed by atoms with E-state index >= 15 is 0 Å². The van der Waals surface area contributed by atoms with Crippen LogP contribution in [0, 0.1) is 5.82 Å². The monoisotopic (exact) mass is 492 g/mol. The van der Waals surface area contributed by atoms with Crippen LogP contribution in [0.2, 0.25) is 0 Å². The van der Waals surface area contributed by atoms with Gasteiger partial charge in [-0.05, 0) is 49.2 Å². The number of alkyl halides is 1. The molecule has 1 saturated heterocycles. The highest BCUT2D eigenvalue weighted by Crippen LogP contribution is 2.45. The summed E-state index contributed by atoms with van der Waals surface area (Å²) in [7, 11) is 0. The molecule has 1 aromatic carbocycles. The van der Waals surface area contributed by atoms with E-state index in [4.69, 9.17) is 0 Å². The smallest absolute Gasteiger partial charge is 0.251 e. The summed E-state index contributed by atoms with van der Waals surface area (Å²) in [5.74, 6) is -0.178. The summed E-state index contributed by atoms with van der Waals surface area (Å²) < 4.78 is 28.1. The number of pyridine rings is 1. The minimum Gasteiger partial charge on any atom is -0.368 e. The van der Waals surface area contributed by atoms with Crippen molar-refractivity contribution in [3.63, 3.8) is 0 Å². The van der Waals surface area contributed by atoms with Gasteiger partial charge in [-0.25, -0.2) is 8.78 Å². The number of hydrogen-bond donors (Lipinski definition) is 2. The molecule has 2 amide bonds. The Morgan fingerprint density at radius 1 is 1.11 bits per heavy atom. The topological polar surface area (TPSA) is 100 Å². The van der Waals surface area contributed by atoms with E-state index in [1.165, 1.54) is 25.3 Å². The zero-order valence-electron chi connectivity index (χ0n) is 19.7. The fraction of sp³-hybridized carbons (Fsp3) is 0.346. The van der Waals surface area contributed by atoms with Crippen LogP contribution in [0.4, 0.5) is 14.6 Å². The fourth-order valence-electron chi connectivity index (χ4n) is 4.74. The zero-order valence-corrected chi connectivity index (χ0v) is 19.7. The summed E-state index contributed by atoms with van der Waals surface area (Å²) in [6, 6.07) is 13.4. The Hall–Kier alpha value is -3.95. The summed E-state index contributed by atoms with van der Waals surface area (Å²) in [6.07, 6.45) is 0.925. The molecule has 3 aromatic rings. The summed E-state index contributed by atoms with van der Waals surface area (Å²) >= 11 is 0. The van der Waals surface area contributed by atoms with Crippen LogP contribution in [-0.2, 0) is 10.2 Å². The van der Waals surface area contributed by atoms with E-state index < -0.39 is 17.4 Å². The molecule has 0 atom stereocenters. The summed E-state index contributed by atoms with van der Waals surface area (Å²) in [4.78, 5) is 29.8. The predicted molar refractivity (Wildman–Crippen MR) is 129 cm³/mol. The van der Waals surface area contributed by atoms with Gasteiger partial charge in [0.1, 0.15) is 17.8 Å². The van der Waals surface area contributed by atoms with Gasteiger partial charge in [-0.1, -0.05) is 12.1 Å². The van der Waals surface area contributed by atoms with Crippen LogP contribution >= 0.6 is 0 Å². The average molecular weight is 493 g/mol. The van der Waals surface area contributed by atoms with Gasteiger partial charge in [-0.15, -0.1) is 10.2 Å². The third kappa shape index (κ3) is 4.75. The molecule has 2 N–H and O–H groups in total. The Kier molecular flexibility index (Phi) is 6.34. The third-order valence-corrected chi connectivity index (χ3v) is 6.84. The third-order valence-electron chi connectivity index (χ3n) is 6.84. The van der Waals surface area contributed by atoms with Crippen LogP contribution in [0.3, 0.4) is 0 Å². The molecule has 36 heavy (non-hydrogen) atoms. The number of likely N-dealkylation sites (tertiary alicyclic amines) is 1. The van der Waals surface area contributed by atoms with Gasteiger partial charge in [-0.3, -0.25) is 14.6 Å². The summed E-state index contributed by atoms with van der Waals surface area (Å²) in [5, 5.41) is 14.6. The molecule has 2 aliphatic rings. The molecule has 1 saturated carbocycles. The largest absolute Gasteiger partial charge is 0.368 e. The van der Waals surface area contributed by atoms with Crippen LogP contribution in [0.15, 0.2) is 54.7 Å². The molecule has 1 aliphatic carbocycles. The molecule has 0 spiro atoms. The highest BCUT2D eigenvalue weighted by molar-refractivity contribution is 5.95. The van der Waals surface area contributed by atoms with Crippen LogP contribution in [0.5, 0.6) is 0 Å². The first-order valence-electron chi connectivity index (χ1n) is 11.8. The number of anilines is 1. The van der Waals surface area contributed by atoms with E-state index in [-0.39, 0.29) is 42.9 Å². The van der Waals surface area contributed by atoms with E-state index in [1.54, 1.807) is 35.2 Å². The Morgan fingerprint density at radius 2 is 1.92 bits per heavy atom. The van der Waals surface area contributed by atoms with Gasteiger partial charge < -0.3 is 15.5 Å². The maximum atomic E-state index is 14.3. The molecule has 0 unspecified atom stereocenters. The zero-order chi connectivity index (χ0) is 25.3. The second-order valence-electron chi connectivity index (χ2n) is 9.45. The van der Waals surface area contributed by atoms with Crippen molar-refractivity contribution < 1.29 is 18.4 Å². The van der Waals surface area contributed by atoms with Gasteiger partial charge in [0.05, 0.1) is 17.4 Å². The van der Waals surface area contributed by atoms with E-state index in [9.17, 15) is 18.4 Å². The SMILES string of the molecule is CC(=O)N1CC(NC(=O)c2cccc(-c3ccc(NCC4(c5ncccc5F)CC(F)C4)nn3)c2)C1. The average Bonchev–Trinajstić information content (AvgIpc) is 2.83. The summed E-state index contributed by atoms with van der Waals surface area (Å²) in [5.41, 5.74) is 1.34. The minimum absolute atomic E-state index is 0.00244. The van der Waals surface area contributed by atoms with Crippen LogP contribution < -0.4 is 10.6 Å². The van der Waals surface area contributed by atoms with E-state index in [2.05, 4.69) is 25.8 Å². The van der Waals surface area contributed by atoms with E-state index in [0.29, 0.717) is 30.2 Å². The van der Waals surface area contributed by atoms with Crippen molar-refractivity contribution in [2.24, 2.45) is 0 Å². The molecule has 10 heteroatoms. The number of amides is 2. The number of halogens is 2. The van der Waals surface area contributed by atoms with Crippen molar-refractivity contribution >= 4 is 17.6 Å². The van der Waals surface area contributed by atoms with Crippen molar-refractivity contribution in [3.05, 3.63) is 71.8 Å². The Balaban J connectivity index is 1.23. The lowest BCUT2D eigenvalue weighted by atomic mass is 9.65. The lowest BCUT2D eigenvalue weighted by Gasteiger charge is -2.44. The number of nitrogens with zero attached hydrogens (tertiary/aromatic N) is 4. The van der Waals surface area contributed by atoms with Crippen LogP contribution in [0.1, 0.15) is 35.8 Å². The number of benzene rings is 1. The number of hydrogen-bond acceptors (Lipinski definition) is 6. The Morgan fingerprint density at radius 3 is 2.58 bits per heavy atom. The number of aromatic nitrogens is 3. The van der Waals surface area contributed by atoms with Crippen LogP contribution in [0.25, 0.3) is 11.3 Å². The highest BCUT2D eigenvalue weighted by atomic mass is 19.1. The van der Waals surface area contributed by atoms with Gasteiger partial charge in [0.25, 0.3) is 5.91 Å². The molecular weight excluding hydrogens is 466 g/mol. The molecule has 1 aliphatic heterocycles. The van der Waals surface area contributed by atoms with Gasteiger partial charge in [0.2, 0.25) is 5.91 Å². The van der Waals surface area contributed by atoms with Crippen LogP contribution in [-0.4, -0.2) is 63.7 Å². The van der Waals surface area contributed by atoms with Crippen molar-refractivity contribution in [2.75, 3.05) is 25.0 Å². The van der Waals surface area contributed by atoms with Crippen molar-refractivity contribution in [2.45, 2.75) is 37.4 Å². The van der Waals surface area contributed by atoms with Gasteiger partial charge in [0.15, 0.2) is 0 Å². The summed E-state index contributed by atoms with van der Waals surface area (Å²) in [6.45, 7) is 2.82. The number of carbonyl (C=O) groups is 2. The van der Waals surface area contributed by atoms with Gasteiger partial charge >= 0.3 is 0 Å². The first kappa shape index (κ1) is 23.8. The maximum absolute atomic E-state index is 14.3. The molecule has 5 rings (SSSR count). The number of carbonyl (C=O) groups excluding carboxylic acids is 2. The molecule has 186 valence electrons. The van der Waals surface area contributed by atoms with E-state index in [0.717, 1.165) is 5.56 Å². The molecular formula is C26H26F2N6O2. The Bertz CT molecular complexity index is 1270. The predicted octanol–water partition coefficient (Wildman–Crippen LogP) is 3.12. The van der Waals surface area contributed by atoms with Crippen molar-refractivity contribution in [1.29, 1.82) is 0 Å². The van der Waals surface area contributed by atoms with Gasteiger partial charge in [-0.2, -0.15) is 0 Å². The lowest BCUT2D eigenvalue weighted by molar-refractivity contribution is -0.133. The van der Waals surface area contributed by atoms with Gasteiger partial charge in [0, 0.05) is 49.3 Å². The molecule has 0 bridgehead atoms. The molecule has 3 heterocycles. The molecule has 2 fully saturated rings. The second kappa shape index (κ2) is 9.60. The number of rotatable bonds is 7. The Labute approximate surface area is 207 Å². The lowest BCUT2D eigenvalue weighted by Crippen LogP contribution is -2.60. The second-order valence-corrected chi connectivity index (χ2v) is 9.45. The standard InChI is InChI=1S/C26H26F2N6O2/c1-16(35)34-13-20(14-34)31-25(36)18-5-2-4-17(10-18)22-7-8-23(33-32-22)30-15-26(11-19(27)12-26)24-21(28)6-3-9-29-24/h2-10,19-20H,11-15H2,1H3,(H,30,33)(H,31,36).